The lowest BCUT2D eigenvalue weighted by Crippen LogP contribution is -2.42. The minimum absolute atomic E-state index is 0.00993. The summed E-state index contributed by atoms with van der Waals surface area (Å²) < 4.78 is 23.0. The monoisotopic (exact) mass is 310 g/mol. The van der Waals surface area contributed by atoms with E-state index in [4.69, 9.17) is 5.14 Å². The van der Waals surface area contributed by atoms with Gasteiger partial charge in [0.25, 0.3) is 5.91 Å². The second kappa shape index (κ2) is 5.77. The summed E-state index contributed by atoms with van der Waals surface area (Å²) in [6, 6.07) is 4.56. The van der Waals surface area contributed by atoms with Crippen LogP contribution in [0, 0.1) is 18.8 Å². The van der Waals surface area contributed by atoms with Gasteiger partial charge in [-0.3, -0.25) is 4.79 Å². The summed E-state index contributed by atoms with van der Waals surface area (Å²) in [7, 11) is -3.80. The van der Waals surface area contributed by atoms with Gasteiger partial charge in [-0.1, -0.05) is 13.8 Å². The zero-order valence-corrected chi connectivity index (χ0v) is 13.5. The molecule has 5 nitrogen and oxygen atoms in total. The van der Waals surface area contributed by atoms with Crippen LogP contribution in [0.5, 0.6) is 0 Å². The van der Waals surface area contributed by atoms with Crippen LogP contribution in [0.1, 0.15) is 36.2 Å². The van der Waals surface area contributed by atoms with Crippen molar-refractivity contribution in [2.24, 2.45) is 17.0 Å². The maximum absolute atomic E-state index is 12.6. The lowest BCUT2D eigenvalue weighted by Gasteiger charge is -2.35. The average Bonchev–Trinajstić information content (AvgIpc) is 2.39. The molecular formula is C15H22N2O3S. The SMILES string of the molecule is Cc1cc(C(=O)N2CCC(C)C(C)C2)cc(S(N)(=O)=O)c1. The molecule has 2 unspecified atom stereocenters. The molecule has 1 aliphatic rings. The average molecular weight is 310 g/mol. The van der Waals surface area contributed by atoms with Gasteiger partial charge < -0.3 is 4.90 Å². The van der Waals surface area contributed by atoms with Crippen LogP contribution in [0.4, 0.5) is 0 Å². The van der Waals surface area contributed by atoms with Gasteiger partial charge in [0.1, 0.15) is 0 Å². The van der Waals surface area contributed by atoms with Crippen molar-refractivity contribution in [3.05, 3.63) is 29.3 Å². The number of hydrogen-bond acceptors (Lipinski definition) is 3. The summed E-state index contributed by atoms with van der Waals surface area (Å²) in [6.07, 6.45) is 0.973. The van der Waals surface area contributed by atoms with Crippen molar-refractivity contribution >= 4 is 15.9 Å². The standard InChI is InChI=1S/C15H22N2O3S/c1-10-6-13(8-14(7-10)21(16,19)20)15(18)17-5-4-11(2)12(3)9-17/h6-8,11-12H,4-5,9H2,1-3H3,(H2,16,19,20). The van der Waals surface area contributed by atoms with Gasteiger partial charge in [-0.05, 0) is 48.9 Å². The van der Waals surface area contributed by atoms with Gasteiger partial charge in [-0.2, -0.15) is 0 Å². The second-order valence-corrected chi connectivity index (χ2v) is 7.64. The smallest absolute Gasteiger partial charge is 0.253 e. The van der Waals surface area contributed by atoms with Gasteiger partial charge in [-0.25, -0.2) is 13.6 Å². The van der Waals surface area contributed by atoms with Crippen LogP contribution >= 0.6 is 0 Å². The van der Waals surface area contributed by atoms with E-state index in [1.807, 2.05) is 0 Å². The first-order valence-corrected chi connectivity index (χ1v) is 8.67. The third kappa shape index (κ3) is 3.63. The van der Waals surface area contributed by atoms with Crippen molar-refractivity contribution < 1.29 is 13.2 Å². The number of primary sulfonamides is 1. The zero-order chi connectivity index (χ0) is 15.8. The first kappa shape index (κ1) is 16.0. The fraction of sp³-hybridized carbons (Fsp3) is 0.533. The molecule has 0 saturated carbocycles. The normalized spacial score (nSPS) is 23.1. The first-order valence-electron chi connectivity index (χ1n) is 7.12. The summed E-state index contributed by atoms with van der Waals surface area (Å²) in [5.41, 5.74) is 1.10. The van der Waals surface area contributed by atoms with Crippen LogP contribution in [0.2, 0.25) is 0 Å². The number of amides is 1. The largest absolute Gasteiger partial charge is 0.338 e. The number of benzene rings is 1. The van der Waals surface area contributed by atoms with E-state index in [1.54, 1.807) is 17.9 Å². The van der Waals surface area contributed by atoms with Gasteiger partial charge >= 0.3 is 0 Å². The van der Waals surface area contributed by atoms with E-state index in [2.05, 4.69) is 13.8 Å². The van der Waals surface area contributed by atoms with Crippen LogP contribution in [-0.4, -0.2) is 32.3 Å². The molecule has 116 valence electrons. The molecular weight excluding hydrogens is 288 g/mol. The number of aryl methyl sites for hydroxylation is 1. The van der Waals surface area contributed by atoms with E-state index in [0.717, 1.165) is 6.42 Å². The molecule has 2 rings (SSSR count). The molecule has 0 aromatic heterocycles. The highest BCUT2D eigenvalue weighted by molar-refractivity contribution is 7.89. The molecule has 1 aromatic rings. The molecule has 2 N–H and O–H groups in total. The molecule has 1 fully saturated rings. The van der Waals surface area contributed by atoms with E-state index in [0.29, 0.717) is 36.1 Å². The van der Waals surface area contributed by atoms with Gasteiger partial charge in [-0.15, -0.1) is 0 Å². The van der Waals surface area contributed by atoms with E-state index in [9.17, 15) is 13.2 Å². The summed E-state index contributed by atoms with van der Waals surface area (Å²) in [6.45, 7) is 7.50. The highest BCUT2D eigenvalue weighted by atomic mass is 32.2. The van der Waals surface area contributed by atoms with Crippen molar-refractivity contribution in [1.82, 2.24) is 4.90 Å². The van der Waals surface area contributed by atoms with Crippen molar-refractivity contribution in [2.45, 2.75) is 32.1 Å². The number of nitrogens with zero attached hydrogens (tertiary/aromatic N) is 1. The Morgan fingerprint density at radius 3 is 2.48 bits per heavy atom. The molecule has 1 amide bonds. The lowest BCUT2D eigenvalue weighted by molar-refractivity contribution is 0.0627. The third-order valence-electron chi connectivity index (χ3n) is 4.25. The maximum Gasteiger partial charge on any atom is 0.253 e. The number of carbonyl (C=O) groups excluding carboxylic acids is 1. The predicted octanol–water partition coefficient (Wildman–Crippen LogP) is 1.76. The Morgan fingerprint density at radius 2 is 1.90 bits per heavy atom. The van der Waals surface area contributed by atoms with E-state index in [1.165, 1.54) is 12.1 Å². The molecule has 2 atom stereocenters. The number of rotatable bonds is 2. The van der Waals surface area contributed by atoms with E-state index < -0.39 is 10.0 Å². The van der Waals surface area contributed by atoms with Gasteiger partial charge in [0.15, 0.2) is 0 Å². The van der Waals surface area contributed by atoms with Gasteiger partial charge in [0.2, 0.25) is 10.0 Å². The van der Waals surface area contributed by atoms with Crippen molar-refractivity contribution in [1.29, 1.82) is 0 Å². The number of nitrogens with two attached hydrogens (primary N) is 1. The molecule has 1 heterocycles. The van der Waals surface area contributed by atoms with Crippen LogP contribution < -0.4 is 5.14 Å². The zero-order valence-electron chi connectivity index (χ0n) is 12.7. The molecule has 6 heteroatoms. The van der Waals surface area contributed by atoms with E-state index >= 15 is 0 Å². The van der Waals surface area contributed by atoms with Crippen LogP contribution in [0.25, 0.3) is 0 Å². The number of piperidine rings is 1. The topological polar surface area (TPSA) is 80.5 Å². The Bertz CT molecular complexity index is 655. The third-order valence-corrected chi connectivity index (χ3v) is 5.14. The van der Waals surface area contributed by atoms with Gasteiger partial charge in [0.05, 0.1) is 4.90 Å². The summed E-state index contributed by atoms with van der Waals surface area (Å²) in [5.74, 6) is 0.930. The Hall–Kier alpha value is -1.40. The molecule has 1 saturated heterocycles. The van der Waals surface area contributed by atoms with Crippen molar-refractivity contribution in [3.63, 3.8) is 0 Å². The maximum atomic E-state index is 12.6. The van der Waals surface area contributed by atoms with Crippen LogP contribution in [-0.2, 0) is 10.0 Å². The Labute approximate surface area is 126 Å². The Kier molecular flexibility index (Phi) is 4.39. The molecule has 1 aromatic carbocycles. The molecule has 0 radical (unpaired) electrons. The number of carbonyl (C=O) groups is 1. The van der Waals surface area contributed by atoms with E-state index in [-0.39, 0.29) is 10.8 Å². The summed E-state index contributed by atoms with van der Waals surface area (Å²) in [4.78, 5) is 14.4. The van der Waals surface area contributed by atoms with Crippen molar-refractivity contribution in [3.8, 4) is 0 Å². The molecule has 0 spiro atoms. The summed E-state index contributed by atoms with van der Waals surface area (Å²) in [5, 5.41) is 5.16. The minimum atomic E-state index is -3.80. The molecule has 0 bridgehead atoms. The molecule has 0 aliphatic carbocycles. The van der Waals surface area contributed by atoms with Crippen LogP contribution in [0.15, 0.2) is 23.1 Å². The van der Waals surface area contributed by atoms with Gasteiger partial charge in [0, 0.05) is 18.7 Å². The predicted molar refractivity (Wildman–Crippen MR) is 81.4 cm³/mol. The Morgan fingerprint density at radius 1 is 1.24 bits per heavy atom. The fourth-order valence-electron chi connectivity index (χ4n) is 2.67. The Balaban J connectivity index is 2.30. The number of sulfonamides is 1. The highest BCUT2D eigenvalue weighted by Gasteiger charge is 2.27. The number of likely N-dealkylation sites (tertiary alicyclic amines) is 1. The lowest BCUT2D eigenvalue weighted by atomic mass is 9.88. The fourth-order valence-corrected chi connectivity index (χ4v) is 3.31. The molecule has 21 heavy (non-hydrogen) atoms. The summed E-state index contributed by atoms with van der Waals surface area (Å²) >= 11 is 0. The minimum Gasteiger partial charge on any atom is -0.338 e. The first-order chi connectivity index (χ1) is 9.68. The second-order valence-electron chi connectivity index (χ2n) is 6.07. The van der Waals surface area contributed by atoms with Crippen LogP contribution in [0.3, 0.4) is 0 Å². The quantitative estimate of drug-likeness (QED) is 0.904. The molecule has 1 aliphatic heterocycles. The highest BCUT2D eigenvalue weighted by Crippen LogP contribution is 2.24. The number of hydrogen-bond donors (Lipinski definition) is 1. The van der Waals surface area contributed by atoms with Crippen molar-refractivity contribution in [2.75, 3.05) is 13.1 Å².